The number of aryl methyl sites for hydroxylation is 1. The Balaban J connectivity index is 1.29. The monoisotopic (exact) mass is 452 g/mol. The molecule has 7 heteroatoms. The molecule has 2 aromatic heterocycles. The Labute approximate surface area is 196 Å². The van der Waals surface area contributed by atoms with E-state index in [1.54, 1.807) is 6.20 Å². The van der Waals surface area contributed by atoms with Crippen molar-refractivity contribution in [3.05, 3.63) is 84.1 Å². The average molecular weight is 453 g/mol. The minimum absolute atomic E-state index is 0.0841. The van der Waals surface area contributed by atoms with E-state index in [0.717, 1.165) is 44.8 Å². The Hall–Kier alpha value is -4.39. The van der Waals surface area contributed by atoms with Crippen molar-refractivity contribution in [1.82, 2.24) is 15.2 Å². The summed E-state index contributed by atoms with van der Waals surface area (Å²) in [6.07, 6.45) is 2.06. The van der Waals surface area contributed by atoms with Crippen molar-refractivity contribution < 1.29 is 13.9 Å². The lowest BCUT2D eigenvalue weighted by Gasteiger charge is -2.08. The highest BCUT2D eigenvalue weighted by Crippen LogP contribution is 2.32. The summed E-state index contributed by atoms with van der Waals surface area (Å²) in [5.74, 6) is 1.23. The van der Waals surface area contributed by atoms with Crippen molar-refractivity contribution >= 4 is 22.7 Å². The van der Waals surface area contributed by atoms with E-state index < -0.39 is 0 Å². The molecule has 0 spiro atoms. The third-order valence-corrected chi connectivity index (χ3v) is 5.45. The summed E-state index contributed by atoms with van der Waals surface area (Å²) >= 11 is 0. The van der Waals surface area contributed by atoms with Crippen molar-refractivity contribution in [2.75, 3.05) is 11.9 Å². The fraction of sp³-hybridized carbons (Fsp3) is 0.148. The summed E-state index contributed by atoms with van der Waals surface area (Å²) in [6, 6.07) is 21.0. The number of carbonyl (C=O) groups is 1. The average Bonchev–Trinajstić information content (AvgIpc) is 3.48. The second kappa shape index (κ2) is 9.23. The summed E-state index contributed by atoms with van der Waals surface area (Å²) in [5, 5.41) is 10.2. The molecule has 34 heavy (non-hydrogen) atoms. The maximum atomic E-state index is 12.5. The molecule has 7 nitrogen and oxygen atoms in total. The zero-order chi connectivity index (χ0) is 23.5. The van der Waals surface area contributed by atoms with Gasteiger partial charge in [-0.05, 0) is 61.4 Å². The van der Waals surface area contributed by atoms with Gasteiger partial charge in [0.2, 0.25) is 11.8 Å². The van der Waals surface area contributed by atoms with Crippen LogP contribution in [0.4, 0.5) is 5.69 Å². The highest BCUT2D eigenvalue weighted by atomic mass is 16.5. The lowest BCUT2D eigenvalue weighted by molar-refractivity contribution is -0.115. The van der Waals surface area contributed by atoms with Crippen LogP contribution in [0.1, 0.15) is 18.1 Å². The molecule has 0 saturated heterocycles. The van der Waals surface area contributed by atoms with E-state index in [1.807, 2.05) is 80.6 Å². The van der Waals surface area contributed by atoms with Crippen LogP contribution in [-0.2, 0) is 11.2 Å². The highest BCUT2D eigenvalue weighted by Gasteiger charge is 2.16. The first kappa shape index (κ1) is 21.5. The second-order valence-corrected chi connectivity index (χ2v) is 8.02. The van der Waals surface area contributed by atoms with Gasteiger partial charge in [-0.25, -0.2) is 4.98 Å². The number of nitrogens with one attached hydrogen (secondary N) is 2. The third kappa shape index (κ3) is 4.54. The topological polar surface area (TPSA) is 93.0 Å². The summed E-state index contributed by atoms with van der Waals surface area (Å²) in [7, 11) is 0. The molecule has 0 atom stereocenters. The van der Waals surface area contributed by atoms with Gasteiger partial charge in [-0.15, -0.1) is 0 Å². The zero-order valence-corrected chi connectivity index (χ0v) is 19.0. The molecule has 1 amide bonds. The standard InChI is InChI=1S/C27H24N4O3/c1-3-33-21-11-5-18(6-12-21)15-25(32)29-20-9-7-19(8-10-20)26-22(16-28-31-26)27-30-23-14-17(2)4-13-24(23)34-27/h4-14,16H,3,15H2,1-2H3,(H,28,31)(H,29,32). The molecule has 5 rings (SSSR count). The van der Waals surface area contributed by atoms with E-state index in [-0.39, 0.29) is 12.3 Å². The number of fused-ring (bicyclic) bond motifs is 1. The van der Waals surface area contributed by atoms with Gasteiger partial charge in [0.1, 0.15) is 17.0 Å². The van der Waals surface area contributed by atoms with Crippen LogP contribution in [0.15, 0.2) is 77.3 Å². The van der Waals surface area contributed by atoms with Crippen LogP contribution in [0.25, 0.3) is 33.8 Å². The number of hydrogen-bond donors (Lipinski definition) is 2. The van der Waals surface area contributed by atoms with E-state index in [9.17, 15) is 4.79 Å². The molecule has 0 unspecified atom stereocenters. The van der Waals surface area contributed by atoms with Crippen LogP contribution in [0, 0.1) is 6.92 Å². The molecule has 5 aromatic rings. The van der Waals surface area contributed by atoms with Gasteiger partial charge >= 0.3 is 0 Å². The number of H-pyrrole nitrogens is 1. The number of carbonyl (C=O) groups excluding carboxylic acids is 1. The summed E-state index contributed by atoms with van der Waals surface area (Å²) < 4.78 is 11.4. The number of aromatic amines is 1. The van der Waals surface area contributed by atoms with Crippen molar-refractivity contribution in [3.8, 4) is 28.5 Å². The first-order valence-electron chi connectivity index (χ1n) is 11.1. The first-order valence-corrected chi connectivity index (χ1v) is 11.1. The van der Waals surface area contributed by atoms with E-state index in [4.69, 9.17) is 9.15 Å². The lowest BCUT2D eigenvalue weighted by atomic mass is 10.1. The Bertz CT molecular complexity index is 1430. The normalized spacial score (nSPS) is 11.0. The maximum absolute atomic E-state index is 12.5. The van der Waals surface area contributed by atoms with Crippen molar-refractivity contribution in [3.63, 3.8) is 0 Å². The molecule has 0 aliphatic carbocycles. The summed E-state index contributed by atoms with van der Waals surface area (Å²) in [5.41, 5.74) is 6.71. The molecule has 0 bridgehead atoms. The molecule has 2 N–H and O–H groups in total. The Morgan fingerprint density at radius 2 is 1.85 bits per heavy atom. The maximum Gasteiger partial charge on any atom is 0.231 e. The first-order chi connectivity index (χ1) is 16.6. The molecule has 0 saturated carbocycles. The van der Waals surface area contributed by atoms with E-state index in [1.165, 1.54) is 0 Å². The Morgan fingerprint density at radius 1 is 1.06 bits per heavy atom. The number of aromatic nitrogens is 3. The largest absolute Gasteiger partial charge is 0.494 e. The predicted octanol–water partition coefficient (Wildman–Crippen LogP) is 5.77. The molecular weight excluding hydrogens is 428 g/mol. The molecular formula is C27H24N4O3. The molecule has 0 aliphatic rings. The number of oxazole rings is 1. The number of benzene rings is 3. The van der Waals surface area contributed by atoms with Gasteiger partial charge in [0.15, 0.2) is 5.58 Å². The van der Waals surface area contributed by atoms with E-state index >= 15 is 0 Å². The lowest BCUT2D eigenvalue weighted by Crippen LogP contribution is -2.14. The number of rotatable bonds is 7. The van der Waals surface area contributed by atoms with Gasteiger partial charge in [0, 0.05) is 17.4 Å². The van der Waals surface area contributed by atoms with Gasteiger partial charge < -0.3 is 14.5 Å². The Kier molecular flexibility index (Phi) is 5.82. The van der Waals surface area contributed by atoms with Crippen LogP contribution in [0.2, 0.25) is 0 Å². The Morgan fingerprint density at radius 3 is 2.62 bits per heavy atom. The van der Waals surface area contributed by atoms with Crippen molar-refractivity contribution in [2.24, 2.45) is 0 Å². The quantitative estimate of drug-likeness (QED) is 0.327. The SMILES string of the molecule is CCOc1ccc(CC(=O)Nc2ccc(-c3n[nH]cc3-c3nc4cc(C)ccc4o3)cc2)cc1. The summed E-state index contributed by atoms with van der Waals surface area (Å²) in [4.78, 5) is 17.1. The molecule has 3 aromatic carbocycles. The van der Waals surface area contributed by atoms with Crippen molar-refractivity contribution in [1.29, 1.82) is 0 Å². The number of nitrogens with zero attached hydrogens (tertiary/aromatic N) is 2. The van der Waals surface area contributed by atoms with Gasteiger partial charge in [0.05, 0.1) is 18.6 Å². The van der Waals surface area contributed by atoms with E-state index in [0.29, 0.717) is 18.2 Å². The van der Waals surface area contributed by atoms with Crippen LogP contribution < -0.4 is 10.1 Å². The van der Waals surface area contributed by atoms with E-state index in [2.05, 4.69) is 20.5 Å². The minimum atomic E-state index is -0.0841. The van der Waals surface area contributed by atoms with Gasteiger partial charge in [0.25, 0.3) is 0 Å². The molecule has 0 aliphatic heterocycles. The van der Waals surface area contributed by atoms with Gasteiger partial charge in [-0.2, -0.15) is 5.10 Å². The smallest absolute Gasteiger partial charge is 0.231 e. The fourth-order valence-electron chi connectivity index (χ4n) is 3.80. The number of anilines is 1. The summed E-state index contributed by atoms with van der Waals surface area (Å²) in [6.45, 7) is 4.58. The fourth-order valence-corrected chi connectivity index (χ4v) is 3.80. The van der Waals surface area contributed by atoms with Gasteiger partial charge in [-0.1, -0.05) is 30.3 Å². The third-order valence-electron chi connectivity index (χ3n) is 5.45. The van der Waals surface area contributed by atoms with Gasteiger partial charge in [-0.3, -0.25) is 9.89 Å². The molecule has 170 valence electrons. The predicted molar refractivity (Wildman–Crippen MR) is 132 cm³/mol. The van der Waals surface area contributed by atoms with Crippen LogP contribution >= 0.6 is 0 Å². The van der Waals surface area contributed by atoms with Crippen LogP contribution in [-0.4, -0.2) is 27.7 Å². The minimum Gasteiger partial charge on any atom is -0.494 e. The van der Waals surface area contributed by atoms with Crippen molar-refractivity contribution in [2.45, 2.75) is 20.3 Å². The number of ether oxygens (including phenoxy) is 1. The zero-order valence-electron chi connectivity index (χ0n) is 19.0. The molecule has 0 fully saturated rings. The molecule has 2 heterocycles. The number of amides is 1. The number of hydrogen-bond acceptors (Lipinski definition) is 5. The second-order valence-electron chi connectivity index (χ2n) is 8.02. The highest BCUT2D eigenvalue weighted by molar-refractivity contribution is 5.92. The van der Waals surface area contributed by atoms with Crippen LogP contribution in [0.3, 0.4) is 0 Å². The van der Waals surface area contributed by atoms with Crippen LogP contribution in [0.5, 0.6) is 5.75 Å². The molecule has 0 radical (unpaired) electrons.